The monoisotopic (exact) mass is 237 g/mol. The lowest BCUT2D eigenvalue weighted by Gasteiger charge is -2.28. The van der Waals surface area contributed by atoms with E-state index in [9.17, 15) is 4.79 Å². The molecule has 17 heavy (non-hydrogen) atoms. The van der Waals surface area contributed by atoms with Crippen molar-refractivity contribution in [3.8, 4) is 0 Å². The van der Waals surface area contributed by atoms with Crippen LogP contribution < -0.4 is 16.4 Å². The van der Waals surface area contributed by atoms with Crippen LogP contribution >= 0.6 is 0 Å². The fraction of sp³-hybridized carbons (Fsp3) is 0.545. The van der Waals surface area contributed by atoms with Gasteiger partial charge in [-0.15, -0.1) is 0 Å². The van der Waals surface area contributed by atoms with Crippen LogP contribution in [0.25, 0.3) is 0 Å². The van der Waals surface area contributed by atoms with Crippen molar-refractivity contribution in [3.05, 3.63) is 11.9 Å². The van der Waals surface area contributed by atoms with Crippen molar-refractivity contribution in [1.29, 1.82) is 0 Å². The molecule has 0 aliphatic carbocycles. The van der Waals surface area contributed by atoms with Crippen molar-refractivity contribution >= 4 is 17.5 Å². The van der Waals surface area contributed by atoms with E-state index in [4.69, 9.17) is 11.5 Å². The van der Waals surface area contributed by atoms with Crippen LogP contribution in [-0.4, -0.2) is 28.5 Å². The molecule has 6 heteroatoms. The minimum Gasteiger partial charge on any atom is -0.383 e. The van der Waals surface area contributed by atoms with E-state index in [0.29, 0.717) is 18.1 Å². The molecular weight excluding hydrogens is 218 g/mol. The number of amides is 1. The molecule has 0 unspecified atom stereocenters. The average Bonchev–Trinajstić information content (AvgIpc) is 2.25. The van der Waals surface area contributed by atoms with Crippen LogP contribution in [0.4, 0.5) is 11.6 Å². The second kappa shape index (κ2) is 5.47. The van der Waals surface area contributed by atoms with E-state index in [0.717, 1.165) is 5.56 Å². The van der Waals surface area contributed by atoms with Gasteiger partial charge in [0, 0.05) is 11.6 Å². The van der Waals surface area contributed by atoms with Crippen molar-refractivity contribution in [3.63, 3.8) is 0 Å². The smallest absolute Gasteiger partial charge is 0.237 e. The first-order valence-corrected chi connectivity index (χ1v) is 5.61. The topological polar surface area (TPSA) is 98.1 Å². The van der Waals surface area contributed by atoms with Crippen LogP contribution in [0.1, 0.15) is 26.3 Å². The third-order valence-electron chi connectivity index (χ3n) is 2.53. The van der Waals surface area contributed by atoms with Gasteiger partial charge in [-0.1, -0.05) is 6.92 Å². The highest BCUT2D eigenvalue weighted by molar-refractivity contribution is 5.80. The Kier molecular flexibility index (Phi) is 4.25. The fourth-order valence-electron chi connectivity index (χ4n) is 1.67. The Bertz CT molecular complexity index is 405. The summed E-state index contributed by atoms with van der Waals surface area (Å²) in [5, 5.41) is 0. The highest BCUT2D eigenvalue weighted by atomic mass is 16.1. The Morgan fingerprint density at radius 2 is 2.12 bits per heavy atom. The summed E-state index contributed by atoms with van der Waals surface area (Å²) >= 11 is 0. The quantitative estimate of drug-likeness (QED) is 0.768. The molecule has 0 fully saturated rings. The molecule has 0 saturated carbocycles. The molecule has 0 saturated heterocycles. The summed E-state index contributed by atoms with van der Waals surface area (Å²) in [7, 11) is 0. The maximum Gasteiger partial charge on any atom is 0.237 e. The lowest BCUT2D eigenvalue weighted by atomic mass is 10.2. The molecule has 0 aliphatic rings. The summed E-state index contributed by atoms with van der Waals surface area (Å²) in [6.45, 7) is 6.05. The summed E-state index contributed by atoms with van der Waals surface area (Å²) < 4.78 is 0. The standard InChI is InChI=1S/C11H19N5O/c1-4-8-10(13)14-6-15-11(8)16(7(2)3)5-9(12)17/h6-7H,4-5H2,1-3H3,(H2,12,17)(H2,13,14,15). The number of aromatic nitrogens is 2. The van der Waals surface area contributed by atoms with Gasteiger partial charge in [0.25, 0.3) is 0 Å². The van der Waals surface area contributed by atoms with E-state index in [-0.39, 0.29) is 12.6 Å². The van der Waals surface area contributed by atoms with E-state index in [1.807, 2.05) is 25.7 Å². The second-order valence-corrected chi connectivity index (χ2v) is 4.10. The molecule has 1 aromatic rings. The third kappa shape index (κ3) is 3.05. The zero-order valence-electron chi connectivity index (χ0n) is 10.5. The largest absolute Gasteiger partial charge is 0.383 e. The average molecular weight is 237 g/mol. The SMILES string of the molecule is CCc1c(N)ncnc1N(CC(N)=O)C(C)C. The van der Waals surface area contributed by atoms with Crippen LogP contribution in [-0.2, 0) is 11.2 Å². The molecule has 0 aromatic carbocycles. The van der Waals surface area contributed by atoms with Crippen LogP contribution in [0.15, 0.2) is 6.33 Å². The highest BCUT2D eigenvalue weighted by Crippen LogP contribution is 2.23. The maximum absolute atomic E-state index is 11.1. The summed E-state index contributed by atoms with van der Waals surface area (Å²) in [5.41, 5.74) is 11.9. The second-order valence-electron chi connectivity index (χ2n) is 4.10. The Labute approximate surface area is 101 Å². The number of carbonyl (C=O) groups excluding carboxylic acids is 1. The molecule has 0 aliphatic heterocycles. The van der Waals surface area contributed by atoms with Gasteiger partial charge in [-0.3, -0.25) is 4.79 Å². The lowest BCUT2D eigenvalue weighted by molar-refractivity contribution is -0.116. The van der Waals surface area contributed by atoms with Crippen molar-refractivity contribution in [1.82, 2.24) is 9.97 Å². The van der Waals surface area contributed by atoms with Crippen molar-refractivity contribution in [2.24, 2.45) is 5.73 Å². The molecule has 1 amide bonds. The molecule has 0 radical (unpaired) electrons. The summed E-state index contributed by atoms with van der Waals surface area (Å²) in [6, 6.07) is 0.113. The normalized spacial score (nSPS) is 10.6. The summed E-state index contributed by atoms with van der Waals surface area (Å²) in [4.78, 5) is 21.1. The fourth-order valence-corrected chi connectivity index (χ4v) is 1.67. The van der Waals surface area contributed by atoms with Gasteiger partial charge in [0.2, 0.25) is 5.91 Å². The first-order valence-electron chi connectivity index (χ1n) is 5.61. The predicted octanol–water partition coefficient (Wildman–Crippen LogP) is 0.321. The van der Waals surface area contributed by atoms with Crippen LogP contribution in [0.3, 0.4) is 0 Å². The maximum atomic E-state index is 11.1. The minimum absolute atomic E-state index is 0.113. The van der Waals surface area contributed by atoms with E-state index in [1.165, 1.54) is 6.33 Å². The number of nitrogens with zero attached hydrogens (tertiary/aromatic N) is 3. The number of rotatable bonds is 5. The molecule has 0 atom stereocenters. The van der Waals surface area contributed by atoms with Crippen LogP contribution in [0, 0.1) is 0 Å². The molecule has 0 bridgehead atoms. The van der Waals surface area contributed by atoms with Crippen molar-refractivity contribution < 1.29 is 4.79 Å². The van der Waals surface area contributed by atoms with Gasteiger partial charge < -0.3 is 16.4 Å². The number of hydrogen-bond acceptors (Lipinski definition) is 5. The van der Waals surface area contributed by atoms with Crippen molar-refractivity contribution in [2.45, 2.75) is 33.2 Å². The molecule has 94 valence electrons. The number of hydrogen-bond donors (Lipinski definition) is 2. The third-order valence-corrected chi connectivity index (χ3v) is 2.53. The van der Waals surface area contributed by atoms with Gasteiger partial charge in [0.15, 0.2) is 0 Å². The van der Waals surface area contributed by atoms with Crippen LogP contribution in [0.5, 0.6) is 0 Å². The predicted molar refractivity (Wildman–Crippen MR) is 67.5 cm³/mol. The van der Waals surface area contributed by atoms with Gasteiger partial charge in [0.05, 0.1) is 6.54 Å². The van der Waals surface area contributed by atoms with Gasteiger partial charge in [-0.05, 0) is 20.3 Å². The number of nitrogens with two attached hydrogens (primary N) is 2. The van der Waals surface area contributed by atoms with E-state index < -0.39 is 5.91 Å². The van der Waals surface area contributed by atoms with Gasteiger partial charge in [-0.25, -0.2) is 9.97 Å². The zero-order valence-corrected chi connectivity index (χ0v) is 10.5. The molecule has 1 heterocycles. The van der Waals surface area contributed by atoms with Gasteiger partial charge in [-0.2, -0.15) is 0 Å². The number of nitrogen functional groups attached to an aromatic ring is 1. The Hall–Kier alpha value is -1.85. The summed E-state index contributed by atoms with van der Waals surface area (Å²) in [6.07, 6.45) is 2.12. The first-order chi connectivity index (χ1) is 7.97. The Balaban J connectivity index is 3.18. The first kappa shape index (κ1) is 13.2. The molecule has 0 spiro atoms. The molecule has 1 rings (SSSR count). The Morgan fingerprint density at radius 1 is 1.47 bits per heavy atom. The molecular formula is C11H19N5O. The number of primary amides is 1. The minimum atomic E-state index is -0.391. The highest BCUT2D eigenvalue weighted by Gasteiger charge is 2.19. The molecule has 1 aromatic heterocycles. The zero-order chi connectivity index (χ0) is 13.0. The van der Waals surface area contributed by atoms with Crippen molar-refractivity contribution in [2.75, 3.05) is 17.2 Å². The lowest BCUT2D eigenvalue weighted by Crippen LogP contribution is -2.39. The summed E-state index contributed by atoms with van der Waals surface area (Å²) in [5.74, 6) is 0.749. The number of carbonyl (C=O) groups is 1. The number of anilines is 2. The van der Waals surface area contributed by atoms with E-state index >= 15 is 0 Å². The van der Waals surface area contributed by atoms with E-state index in [2.05, 4.69) is 9.97 Å². The molecule has 6 nitrogen and oxygen atoms in total. The van der Waals surface area contributed by atoms with E-state index in [1.54, 1.807) is 0 Å². The van der Waals surface area contributed by atoms with Gasteiger partial charge >= 0.3 is 0 Å². The van der Waals surface area contributed by atoms with Gasteiger partial charge in [0.1, 0.15) is 18.0 Å². The molecule has 4 N–H and O–H groups in total. The Morgan fingerprint density at radius 3 is 2.59 bits per heavy atom. The van der Waals surface area contributed by atoms with Crippen LogP contribution in [0.2, 0.25) is 0 Å².